The minimum Gasteiger partial charge on any atom is -0.361 e. The summed E-state index contributed by atoms with van der Waals surface area (Å²) in [4.78, 5) is 0. The molecule has 1 nitrogen and oxygen atoms in total. The van der Waals surface area contributed by atoms with Gasteiger partial charge in [0, 0.05) is 11.9 Å². The molecule has 0 saturated carbocycles. The molecule has 1 heteroatoms. The Bertz CT molecular complexity index is 412. The monoisotopic (exact) mass is 241 g/mol. The van der Waals surface area contributed by atoms with Crippen LogP contribution in [0.5, 0.6) is 0 Å². The molecule has 0 aliphatic carbocycles. The lowest BCUT2D eigenvalue weighted by molar-refractivity contribution is 0.790. The van der Waals surface area contributed by atoms with Crippen LogP contribution < -0.4 is 5.32 Å². The molecule has 0 spiro atoms. The summed E-state index contributed by atoms with van der Waals surface area (Å²) < 4.78 is 0. The van der Waals surface area contributed by atoms with Crippen molar-refractivity contribution in [3.63, 3.8) is 0 Å². The molecule has 0 unspecified atom stereocenters. The zero-order chi connectivity index (χ0) is 13.2. The van der Waals surface area contributed by atoms with Crippen molar-refractivity contribution in [3.05, 3.63) is 66.4 Å². The third-order valence-corrected chi connectivity index (χ3v) is 2.86. The summed E-state index contributed by atoms with van der Waals surface area (Å²) in [5.41, 5.74) is 3.75. The van der Waals surface area contributed by atoms with E-state index in [-0.39, 0.29) is 0 Å². The largest absolute Gasteiger partial charge is 0.361 e. The van der Waals surface area contributed by atoms with Gasteiger partial charge in [0.2, 0.25) is 0 Å². The molecule has 1 N–H and O–H groups in total. The van der Waals surface area contributed by atoms with E-state index in [1.807, 2.05) is 24.3 Å². The van der Waals surface area contributed by atoms with Crippen LogP contribution >= 0.6 is 0 Å². The first kappa shape index (κ1) is 14.3. The lowest BCUT2D eigenvalue weighted by atomic mass is 10.0. The average Bonchev–Trinajstić information content (AvgIpc) is 2.40. The Kier molecular flexibility index (Phi) is 6.63. The van der Waals surface area contributed by atoms with Crippen LogP contribution in [0.1, 0.15) is 33.1 Å². The second-order valence-corrected chi connectivity index (χ2v) is 4.37. The minimum absolute atomic E-state index is 1.10. The smallest absolute Gasteiger partial charge is 0.0379 e. The molecule has 0 fully saturated rings. The van der Waals surface area contributed by atoms with Crippen molar-refractivity contribution in [2.45, 2.75) is 33.1 Å². The number of allylic oxidation sites excluding steroid dienone is 4. The van der Waals surface area contributed by atoms with Crippen molar-refractivity contribution in [1.29, 1.82) is 0 Å². The quantitative estimate of drug-likeness (QED) is 0.638. The molecule has 1 aromatic carbocycles. The number of unbranched alkanes of at least 4 members (excludes halogenated alkanes) is 1. The molecule has 0 heterocycles. The van der Waals surface area contributed by atoms with E-state index >= 15 is 0 Å². The van der Waals surface area contributed by atoms with Crippen LogP contribution in [-0.2, 0) is 0 Å². The fourth-order valence-corrected chi connectivity index (χ4v) is 1.74. The molecular weight excluding hydrogens is 218 g/mol. The van der Waals surface area contributed by atoms with Gasteiger partial charge < -0.3 is 5.32 Å². The van der Waals surface area contributed by atoms with Gasteiger partial charge in [-0.25, -0.2) is 0 Å². The van der Waals surface area contributed by atoms with E-state index in [1.54, 1.807) is 0 Å². The first-order valence-electron chi connectivity index (χ1n) is 6.58. The van der Waals surface area contributed by atoms with Crippen molar-refractivity contribution < 1.29 is 0 Å². The first-order chi connectivity index (χ1) is 8.77. The molecule has 0 bridgehead atoms. The lowest BCUT2D eigenvalue weighted by Crippen LogP contribution is -1.94. The second-order valence-electron chi connectivity index (χ2n) is 4.37. The zero-order valence-electron chi connectivity index (χ0n) is 11.4. The van der Waals surface area contributed by atoms with E-state index in [4.69, 9.17) is 0 Å². The summed E-state index contributed by atoms with van der Waals surface area (Å²) in [5, 5.41) is 3.36. The van der Waals surface area contributed by atoms with E-state index < -0.39 is 0 Å². The molecule has 0 saturated heterocycles. The highest BCUT2D eigenvalue weighted by Crippen LogP contribution is 2.17. The summed E-state index contributed by atoms with van der Waals surface area (Å²) in [6.07, 6.45) is 9.55. The standard InChI is InChI=1S/C17H23N/c1-4-6-11-16(15(3)10-5-2)14-18-17-12-8-7-9-13-17/h5,7-10,12-14,18H,2,4,6,11H2,1,3H3/b15-10-,16-14+. The van der Waals surface area contributed by atoms with Crippen molar-refractivity contribution >= 4 is 5.69 Å². The van der Waals surface area contributed by atoms with Gasteiger partial charge in [-0.15, -0.1) is 0 Å². The van der Waals surface area contributed by atoms with Crippen LogP contribution in [-0.4, -0.2) is 0 Å². The van der Waals surface area contributed by atoms with Crippen LogP contribution in [0, 0.1) is 0 Å². The van der Waals surface area contributed by atoms with E-state index in [0.717, 1.165) is 12.1 Å². The summed E-state index contributed by atoms with van der Waals surface area (Å²) in [6, 6.07) is 10.2. The summed E-state index contributed by atoms with van der Waals surface area (Å²) in [7, 11) is 0. The molecule has 0 aliphatic heterocycles. The summed E-state index contributed by atoms with van der Waals surface area (Å²) >= 11 is 0. The molecular formula is C17H23N. The van der Waals surface area contributed by atoms with Gasteiger partial charge in [0.25, 0.3) is 0 Å². The van der Waals surface area contributed by atoms with Crippen molar-refractivity contribution in [2.75, 3.05) is 5.32 Å². The van der Waals surface area contributed by atoms with Gasteiger partial charge in [-0.05, 0) is 43.0 Å². The number of nitrogens with one attached hydrogen (secondary N) is 1. The minimum atomic E-state index is 1.10. The van der Waals surface area contributed by atoms with Gasteiger partial charge in [-0.3, -0.25) is 0 Å². The van der Waals surface area contributed by atoms with Crippen LogP contribution in [0.2, 0.25) is 0 Å². The lowest BCUT2D eigenvalue weighted by Gasteiger charge is -2.09. The number of benzene rings is 1. The third-order valence-electron chi connectivity index (χ3n) is 2.86. The predicted octanol–water partition coefficient (Wildman–Crippen LogP) is 5.30. The van der Waals surface area contributed by atoms with E-state index in [9.17, 15) is 0 Å². The Morgan fingerprint density at radius 2 is 2.00 bits per heavy atom. The van der Waals surface area contributed by atoms with Crippen molar-refractivity contribution in [2.24, 2.45) is 0 Å². The maximum absolute atomic E-state index is 3.76. The zero-order valence-corrected chi connectivity index (χ0v) is 11.4. The molecule has 0 radical (unpaired) electrons. The Hall–Kier alpha value is -1.76. The topological polar surface area (TPSA) is 12.0 Å². The second kappa shape index (κ2) is 8.35. The maximum atomic E-state index is 3.76. The summed E-state index contributed by atoms with van der Waals surface area (Å²) in [5.74, 6) is 0. The van der Waals surface area contributed by atoms with Crippen molar-refractivity contribution in [1.82, 2.24) is 0 Å². The van der Waals surface area contributed by atoms with Gasteiger partial charge >= 0.3 is 0 Å². The first-order valence-corrected chi connectivity index (χ1v) is 6.58. The van der Waals surface area contributed by atoms with Crippen molar-refractivity contribution in [3.8, 4) is 0 Å². The van der Waals surface area contributed by atoms with E-state index in [1.165, 1.54) is 24.0 Å². The van der Waals surface area contributed by atoms with E-state index in [2.05, 4.69) is 50.2 Å². The average molecular weight is 241 g/mol. The Morgan fingerprint density at radius 3 is 2.61 bits per heavy atom. The van der Waals surface area contributed by atoms with Gasteiger partial charge in [0.05, 0.1) is 0 Å². The van der Waals surface area contributed by atoms with Crippen LogP contribution in [0.25, 0.3) is 0 Å². The van der Waals surface area contributed by atoms with Crippen LogP contribution in [0.15, 0.2) is 66.4 Å². The van der Waals surface area contributed by atoms with Crippen LogP contribution in [0.3, 0.4) is 0 Å². The molecule has 1 rings (SSSR count). The highest BCUT2D eigenvalue weighted by molar-refractivity contribution is 5.47. The fraction of sp³-hybridized carbons (Fsp3) is 0.294. The third kappa shape index (κ3) is 5.05. The molecule has 1 aromatic rings. The molecule has 0 aromatic heterocycles. The number of para-hydroxylation sites is 1. The maximum Gasteiger partial charge on any atom is 0.0379 e. The van der Waals surface area contributed by atoms with Gasteiger partial charge in [0.1, 0.15) is 0 Å². The highest BCUT2D eigenvalue weighted by Gasteiger charge is 1.99. The van der Waals surface area contributed by atoms with Gasteiger partial charge in [-0.1, -0.05) is 50.3 Å². The number of hydrogen-bond acceptors (Lipinski definition) is 1. The van der Waals surface area contributed by atoms with Crippen LogP contribution in [0.4, 0.5) is 5.69 Å². The predicted molar refractivity (Wildman–Crippen MR) is 81.6 cm³/mol. The molecule has 18 heavy (non-hydrogen) atoms. The number of rotatable bonds is 7. The fourth-order valence-electron chi connectivity index (χ4n) is 1.74. The highest BCUT2D eigenvalue weighted by atomic mass is 14.8. The normalized spacial score (nSPS) is 12.3. The number of anilines is 1. The SMILES string of the molecule is C=C/C=C(C)\C(=C\Nc1ccccc1)CCCC. The van der Waals surface area contributed by atoms with Gasteiger partial charge in [0.15, 0.2) is 0 Å². The molecule has 0 aliphatic rings. The number of hydrogen-bond donors (Lipinski definition) is 1. The molecule has 0 atom stereocenters. The molecule has 0 amide bonds. The van der Waals surface area contributed by atoms with E-state index in [0.29, 0.717) is 0 Å². The summed E-state index contributed by atoms with van der Waals surface area (Å²) in [6.45, 7) is 8.11. The Labute approximate surface area is 111 Å². The van der Waals surface area contributed by atoms with Gasteiger partial charge in [-0.2, -0.15) is 0 Å². The molecule has 96 valence electrons. The Balaban J connectivity index is 2.75. The Morgan fingerprint density at radius 1 is 1.28 bits per heavy atom.